The van der Waals surface area contributed by atoms with Gasteiger partial charge >= 0.3 is 0 Å². The van der Waals surface area contributed by atoms with E-state index in [1.807, 2.05) is 6.07 Å². The van der Waals surface area contributed by atoms with E-state index in [0.717, 1.165) is 0 Å². The van der Waals surface area contributed by atoms with Crippen molar-refractivity contribution >= 4 is 0 Å². The molecule has 0 aromatic heterocycles. The standard InChI is InChI=1S/C11H10F2N2/c12-9-2-7(5-14)1-8(3-9)11-4-10(13)6-15-11/h1-3,10-11,15H,4,6H2/t10-,11?/m0/s1. The zero-order valence-corrected chi connectivity index (χ0v) is 8.00. The van der Waals surface area contributed by atoms with Gasteiger partial charge in [0.2, 0.25) is 0 Å². The van der Waals surface area contributed by atoms with Crippen LogP contribution >= 0.6 is 0 Å². The fourth-order valence-electron chi connectivity index (χ4n) is 1.82. The van der Waals surface area contributed by atoms with E-state index in [9.17, 15) is 8.78 Å². The molecule has 0 aliphatic carbocycles. The second-order valence-electron chi connectivity index (χ2n) is 3.68. The molecule has 0 bridgehead atoms. The minimum Gasteiger partial charge on any atom is -0.307 e. The summed E-state index contributed by atoms with van der Waals surface area (Å²) < 4.78 is 26.0. The van der Waals surface area contributed by atoms with Gasteiger partial charge in [-0.15, -0.1) is 0 Å². The van der Waals surface area contributed by atoms with Crippen LogP contribution in [0.4, 0.5) is 8.78 Å². The second kappa shape index (κ2) is 3.95. The molecule has 2 nitrogen and oxygen atoms in total. The fourth-order valence-corrected chi connectivity index (χ4v) is 1.82. The number of nitrogens with one attached hydrogen (secondary N) is 1. The molecule has 1 aliphatic rings. The summed E-state index contributed by atoms with van der Waals surface area (Å²) >= 11 is 0. The largest absolute Gasteiger partial charge is 0.307 e. The van der Waals surface area contributed by atoms with Crippen molar-refractivity contribution in [2.45, 2.75) is 18.6 Å². The molecule has 1 aromatic carbocycles. The topological polar surface area (TPSA) is 35.8 Å². The molecule has 78 valence electrons. The van der Waals surface area contributed by atoms with Gasteiger partial charge in [0.05, 0.1) is 11.6 Å². The summed E-state index contributed by atoms with van der Waals surface area (Å²) in [6.45, 7) is 0.295. The average Bonchev–Trinajstić information content (AvgIpc) is 2.64. The molecular weight excluding hydrogens is 198 g/mol. The third-order valence-corrected chi connectivity index (χ3v) is 2.53. The summed E-state index contributed by atoms with van der Waals surface area (Å²) in [5.41, 5.74) is 0.917. The SMILES string of the molecule is N#Cc1cc(F)cc(C2C[C@H](F)CN2)c1. The molecule has 2 rings (SSSR count). The quantitative estimate of drug-likeness (QED) is 0.766. The molecule has 2 atom stereocenters. The first kappa shape index (κ1) is 10.1. The lowest BCUT2D eigenvalue weighted by atomic mass is 10.0. The van der Waals surface area contributed by atoms with Gasteiger partial charge in [0.15, 0.2) is 0 Å². The first-order chi connectivity index (χ1) is 7.19. The van der Waals surface area contributed by atoms with E-state index in [-0.39, 0.29) is 11.6 Å². The first-order valence-corrected chi connectivity index (χ1v) is 4.77. The predicted octanol–water partition coefficient (Wildman–Crippen LogP) is 2.07. The Labute approximate surface area is 86.5 Å². The molecule has 0 radical (unpaired) electrons. The first-order valence-electron chi connectivity index (χ1n) is 4.77. The van der Waals surface area contributed by atoms with Crippen molar-refractivity contribution in [3.05, 3.63) is 35.1 Å². The molecule has 0 saturated carbocycles. The minimum atomic E-state index is -0.885. The number of nitriles is 1. The van der Waals surface area contributed by atoms with E-state index >= 15 is 0 Å². The van der Waals surface area contributed by atoms with Crippen molar-refractivity contribution in [2.75, 3.05) is 6.54 Å². The summed E-state index contributed by atoms with van der Waals surface area (Å²) in [5, 5.41) is 11.6. The fraction of sp³-hybridized carbons (Fsp3) is 0.364. The van der Waals surface area contributed by atoms with Crippen LogP contribution in [0.1, 0.15) is 23.6 Å². The molecular formula is C11H10F2N2. The van der Waals surface area contributed by atoms with Crippen molar-refractivity contribution in [3.8, 4) is 6.07 Å². The van der Waals surface area contributed by atoms with Crippen LogP contribution in [0.2, 0.25) is 0 Å². The molecule has 1 aromatic rings. The van der Waals surface area contributed by atoms with E-state index in [1.54, 1.807) is 6.07 Å². The van der Waals surface area contributed by atoms with Crippen LogP contribution in [0, 0.1) is 17.1 Å². The highest BCUT2D eigenvalue weighted by Crippen LogP contribution is 2.26. The molecule has 1 saturated heterocycles. The summed E-state index contributed by atoms with van der Waals surface area (Å²) in [4.78, 5) is 0. The molecule has 15 heavy (non-hydrogen) atoms. The Morgan fingerprint density at radius 3 is 2.80 bits per heavy atom. The Hall–Kier alpha value is -1.47. The second-order valence-corrected chi connectivity index (χ2v) is 3.68. The van der Waals surface area contributed by atoms with Gasteiger partial charge < -0.3 is 5.32 Å². The van der Waals surface area contributed by atoms with Gasteiger partial charge in [0.25, 0.3) is 0 Å². The van der Waals surface area contributed by atoms with Gasteiger partial charge in [-0.25, -0.2) is 8.78 Å². The Kier molecular flexibility index (Phi) is 2.65. The van der Waals surface area contributed by atoms with Crippen LogP contribution in [0.5, 0.6) is 0 Å². The summed E-state index contributed by atoms with van der Waals surface area (Å²) in [5.74, 6) is -0.451. The normalized spacial score (nSPS) is 25.1. The monoisotopic (exact) mass is 208 g/mol. The number of hydrogen-bond acceptors (Lipinski definition) is 2. The highest BCUT2D eigenvalue weighted by molar-refractivity contribution is 5.35. The van der Waals surface area contributed by atoms with Gasteiger partial charge in [0.1, 0.15) is 12.0 Å². The molecule has 1 heterocycles. The number of rotatable bonds is 1. The van der Waals surface area contributed by atoms with E-state index in [4.69, 9.17) is 5.26 Å². The van der Waals surface area contributed by atoms with Crippen LogP contribution in [0.3, 0.4) is 0 Å². The Morgan fingerprint density at radius 1 is 1.40 bits per heavy atom. The van der Waals surface area contributed by atoms with Gasteiger partial charge in [-0.2, -0.15) is 5.26 Å². The van der Waals surface area contributed by atoms with Crippen molar-refractivity contribution in [1.29, 1.82) is 5.26 Å². The predicted molar refractivity (Wildman–Crippen MR) is 51.4 cm³/mol. The summed E-state index contributed by atoms with van der Waals surface area (Å²) in [6.07, 6.45) is -0.544. The average molecular weight is 208 g/mol. The molecule has 1 unspecified atom stereocenters. The van der Waals surface area contributed by atoms with Gasteiger partial charge in [-0.3, -0.25) is 0 Å². The maximum atomic E-state index is 13.1. The van der Waals surface area contributed by atoms with E-state index < -0.39 is 12.0 Å². The molecule has 4 heteroatoms. The maximum absolute atomic E-state index is 13.1. The highest BCUT2D eigenvalue weighted by Gasteiger charge is 2.25. The smallest absolute Gasteiger partial charge is 0.124 e. The Balaban J connectivity index is 2.29. The Bertz CT molecular complexity index is 412. The van der Waals surface area contributed by atoms with Crippen molar-refractivity contribution < 1.29 is 8.78 Å². The highest BCUT2D eigenvalue weighted by atomic mass is 19.1. The van der Waals surface area contributed by atoms with Crippen LogP contribution in [-0.4, -0.2) is 12.7 Å². The lowest BCUT2D eigenvalue weighted by Crippen LogP contribution is -2.14. The van der Waals surface area contributed by atoms with E-state index in [2.05, 4.69) is 5.32 Å². The van der Waals surface area contributed by atoms with Crippen LogP contribution in [-0.2, 0) is 0 Å². The van der Waals surface area contributed by atoms with Crippen LogP contribution < -0.4 is 5.32 Å². The van der Waals surface area contributed by atoms with Gasteiger partial charge in [-0.1, -0.05) is 0 Å². The number of alkyl halides is 1. The van der Waals surface area contributed by atoms with Crippen LogP contribution in [0.25, 0.3) is 0 Å². The number of benzene rings is 1. The van der Waals surface area contributed by atoms with Crippen LogP contribution in [0.15, 0.2) is 18.2 Å². The van der Waals surface area contributed by atoms with E-state index in [1.165, 1.54) is 12.1 Å². The minimum absolute atomic E-state index is 0.178. The molecule has 1 aliphatic heterocycles. The lowest BCUT2D eigenvalue weighted by molar-refractivity contribution is 0.356. The van der Waals surface area contributed by atoms with Gasteiger partial charge in [-0.05, 0) is 30.2 Å². The molecule has 1 N–H and O–H groups in total. The summed E-state index contributed by atoms with van der Waals surface area (Å²) in [7, 11) is 0. The zero-order chi connectivity index (χ0) is 10.8. The molecule has 1 fully saturated rings. The number of hydrogen-bond donors (Lipinski definition) is 1. The van der Waals surface area contributed by atoms with E-state index in [0.29, 0.717) is 18.5 Å². The maximum Gasteiger partial charge on any atom is 0.124 e. The van der Waals surface area contributed by atoms with Crippen molar-refractivity contribution in [3.63, 3.8) is 0 Å². The third kappa shape index (κ3) is 2.13. The third-order valence-electron chi connectivity index (χ3n) is 2.53. The summed E-state index contributed by atoms with van der Waals surface area (Å²) in [6, 6.07) is 5.82. The number of halogens is 2. The lowest BCUT2D eigenvalue weighted by Gasteiger charge is -2.10. The van der Waals surface area contributed by atoms with Crippen molar-refractivity contribution in [2.24, 2.45) is 0 Å². The molecule has 0 spiro atoms. The molecule has 0 amide bonds. The number of nitrogens with zero attached hydrogens (tertiary/aromatic N) is 1. The Morgan fingerprint density at radius 2 is 2.20 bits per heavy atom. The van der Waals surface area contributed by atoms with Crippen molar-refractivity contribution in [1.82, 2.24) is 5.32 Å². The van der Waals surface area contributed by atoms with Gasteiger partial charge in [0, 0.05) is 12.6 Å². The zero-order valence-electron chi connectivity index (χ0n) is 8.00.